The predicted molar refractivity (Wildman–Crippen MR) is 54.8 cm³/mol. The van der Waals surface area contributed by atoms with Crippen molar-refractivity contribution in [1.82, 2.24) is 0 Å². The lowest BCUT2D eigenvalue weighted by atomic mass is 9.74. The van der Waals surface area contributed by atoms with E-state index in [0.29, 0.717) is 12.3 Å². The lowest BCUT2D eigenvalue weighted by molar-refractivity contribution is -0.118. The Labute approximate surface area is 85.0 Å². The molecule has 3 atom stereocenters. The average molecular weight is 194 g/mol. The monoisotopic (exact) mass is 194 g/mol. The van der Waals surface area contributed by atoms with Crippen molar-refractivity contribution in [1.29, 1.82) is 0 Å². The highest BCUT2D eigenvalue weighted by molar-refractivity contribution is 5.97. The molecule has 0 aromatic carbocycles. The number of Topliss-reactive ketones (excluding diaryl/α,β-unsaturated/α-hetero) is 1. The lowest BCUT2D eigenvalue weighted by Crippen LogP contribution is -2.36. The molecule has 2 nitrogen and oxygen atoms in total. The van der Waals surface area contributed by atoms with E-state index in [-0.39, 0.29) is 23.2 Å². The number of rotatable bonds is 0. The minimum absolute atomic E-state index is 0.0891. The Kier molecular flexibility index (Phi) is 2.07. The van der Waals surface area contributed by atoms with E-state index in [0.717, 1.165) is 12.0 Å². The molecule has 0 heterocycles. The molecule has 1 fully saturated rings. The first kappa shape index (κ1) is 9.91. The van der Waals surface area contributed by atoms with E-state index in [1.807, 2.05) is 19.9 Å². The van der Waals surface area contributed by atoms with Crippen LogP contribution in [-0.2, 0) is 4.79 Å². The first-order chi connectivity index (χ1) is 6.43. The summed E-state index contributed by atoms with van der Waals surface area (Å²) in [4.78, 5) is 11.7. The van der Waals surface area contributed by atoms with Crippen LogP contribution < -0.4 is 0 Å². The van der Waals surface area contributed by atoms with Crippen LogP contribution in [0.4, 0.5) is 0 Å². The molecule has 1 N–H and O–H groups in total. The summed E-state index contributed by atoms with van der Waals surface area (Å²) in [5.41, 5.74) is 0.662. The number of aliphatic hydroxyl groups is 1. The second-order valence-corrected chi connectivity index (χ2v) is 5.33. The van der Waals surface area contributed by atoms with E-state index in [9.17, 15) is 9.90 Å². The molecule has 2 aliphatic carbocycles. The molecule has 2 rings (SSSR count). The molecule has 0 aromatic heterocycles. The number of hydrogen-bond acceptors (Lipinski definition) is 2. The van der Waals surface area contributed by atoms with E-state index < -0.39 is 0 Å². The summed E-state index contributed by atoms with van der Waals surface area (Å²) in [5, 5.41) is 10.1. The quantitative estimate of drug-likeness (QED) is 0.639. The van der Waals surface area contributed by atoms with Crippen LogP contribution >= 0.6 is 0 Å². The summed E-state index contributed by atoms with van der Waals surface area (Å²) in [5.74, 6) is 0.777. The topological polar surface area (TPSA) is 37.3 Å². The number of ketones is 1. The van der Waals surface area contributed by atoms with Crippen LogP contribution in [0.15, 0.2) is 11.6 Å². The molecule has 0 spiro atoms. The maximum atomic E-state index is 11.7. The van der Waals surface area contributed by atoms with Gasteiger partial charge in [0, 0.05) is 17.8 Å². The van der Waals surface area contributed by atoms with Crippen LogP contribution in [0.1, 0.15) is 33.6 Å². The molecule has 2 aliphatic rings. The maximum Gasteiger partial charge on any atom is 0.158 e. The SMILES string of the molecule is CC1CCC(=O)C2=CC(C)(C)C(O)C21. The summed E-state index contributed by atoms with van der Waals surface area (Å²) < 4.78 is 0. The average Bonchev–Trinajstić information content (AvgIpc) is 2.33. The molecule has 0 aromatic rings. The fourth-order valence-electron chi connectivity index (χ4n) is 2.78. The summed E-state index contributed by atoms with van der Waals surface area (Å²) in [6, 6.07) is 0. The molecule has 0 aliphatic heterocycles. The van der Waals surface area contributed by atoms with Gasteiger partial charge in [0.15, 0.2) is 5.78 Å². The third-order valence-corrected chi connectivity index (χ3v) is 3.75. The van der Waals surface area contributed by atoms with Crippen molar-refractivity contribution in [3.05, 3.63) is 11.6 Å². The third-order valence-electron chi connectivity index (χ3n) is 3.75. The van der Waals surface area contributed by atoms with Gasteiger partial charge in [-0.3, -0.25) is 4.79 Å². The van der Waals surface area contributed by atoms with Crippen LogP contribution in [0.25, 0.3) is 0 Å². The largest absolute Gasteiger partial charge is 0.392 e. The maximum absolute atomic E-state index is 11.7. The second kappa shape index (κ2) is 2.93. The molecule has 14 heavy (non-hydrogen) atoms. The van der Waals surface area contributed by atoms with Gasteiger partial charge < -0.3 is 5.11 Å². The van der Waals surface area contributed by atoms with Gasteiger partial charge in [-0.15, -0.1) is 0 Å². The lowest BCUT2D eigenvalue weighted by Gasteiger charge is -2.33. The Morgan fingerprint density at radius 1 is 1.50 bits per heavy atom. The van der Waals surface area contributed by atoms with Gasteiger partial charge in [-0.1, -0.05) is 26.8 Å². The molecular weight excluding hydrogens is 176 g/mol. The molecule has 0 bridgehead atoms. The predicted octanol–water partition coefficient (Wildman–Crippen LogP) is 1.93. The number of aliphatic hydroxyl groups excluding tert-OH is 1. The van der Waals surface area contributed by atoms with Gasteiger partial charge in [-0.05, 0) is 17.9 Å². The van der Waals surface area contributed by atoms with Gasteiger partial charge in [0.2, 0.25) is 0 Å². The zero-order valence-electron chi connectivity index (χ0n) is 9.08. The van der Waals surface area contributed by atoms with Gasteiger partial charge in [0.1, 0.15) is 0 Å². The summed E-state index contributed by atoms with van der Waals surface area (Å²) >= 11 is 0. The van der Waals surface area contributed by atoms with Crippen LogP contribution in [0.5, 0.6) is 0 Å². The van der Waals surface area contributed by atoms with Gasteiger partial charge in [0.05, 0.1) is 6.10 Å². The van der Waals surface area contributed by atoms with Crippen molar-refractivity contribution < 1.29 is 9.90 Å². The smallest absolute Gasteiger partial charge is 0.158 e. The Hall–Kier alpha value is -0.630. The number of hydrogen-bond donors (Lipinski definition) is 1. The van der Waals surface area contributed by atoms with Crippen molar-refractivity contribution >= 4 is 5.78 Å². The van der Waals surface area contributed by atoms with Crippen LogP contribution in [0.3, 0.4) is 0 Å². The van der Waals surface area contributed by atoms with Crippen molar-refractivity contribution in [2.75, 3.05) is 0 Å². The summed E-state index contributed by atoms with van der Waals surface area (Å²) in [7, 11) is 0. The Morgan fingerprint density at radius 3 is 2.71 bits per heavy atom. The highest BCUT2D eigenvalue weighted by Crippen LogP contribution is 2.47. The number of carbonyl (C=O) groups excluding carboxylic acids is 1. The first-order valence-electron chi connectivity index (χ1n) is 5.37. The van der Waals surface area contributed by atoms with E-state index in [4.69, 9.17) is 0 Å². The van der Waals surface area contributed by atoms with E-state index in [1.165, 1.54) is 0 Å². The summed E-state index contributed by atoms with van der Waals surface area (Å²) in [6.07, 6.45) is 3.19. The third kappa shape index (κ3) is 1.24. The molecule has 0 saturated heterocycles. The van der Waals surface area contributed by atoms with E-state index in [2.05, 4.69) is 6.92 Å². The fourth-order valence-corrected chi connectivity index (χ4v) is 2.78. The number of fused-ring (bicyclic) bond motifs is 1. The summed E-state index contributed by atoms with van der Waals surface area (Å²) in [6.45, 7) is 6.14. The second-order valence-electron chi connectivity index (χ2n) is 5.33. The van der Waals surface area contributed by atoms with Gasteiger partial charge in [-0.2, -0.15) is 0 Å². The minimum atomic E-state index is -0.378. The normalized spacial score (nSPS) is 40.7. The van der Waals surface area contributed by atoms with Crippen molar-refractivity contribution in [2.45, 2.75) is 39.7 Å². The molecule has 0 amide bonds. The van der Waals surface area contributed by atoms with Gasteiger partial charge in [0.25, 0.3) is 0 Å². The highest BCUT2D eigenvalue weighted by atomic mass is 16.3. The van der Waals surface area contributed by atoms with Crippen LogP contribution in [0, 0.1) is 17.3 Å². The zero-order chi connectivity index (χ0) is 10.5. The first-order valence-corrected chi connectivity index (χ1v) is 5.37. The zero-order valence-corrected chi connectivity index (χ0v) is 9.08. The van der Waals surface area contributed by atoms with Crippen molar-refractivity contribution in [3.8, 4) is 0 Å². The molecule has 1 saturated carbocycles. The number of carbonyl (C=O) groups is 1. The van der Waals surface area contributed by atoms with Crippen LogP contribution in [-0.4, -0.2) is 17.0 Å². The molecule has 2 heteroatoms. The van der Waals surface area contributed by atoms with Crippen LogP contribution in [0.2, 0.25) is 0 Å². The Morgan fingerprint density at radius 2 is 2.14 bits per heavy atom. The minimum Gasteiger partial charge on any atom is -0.392 e. The van der Waals surface area contributed by atoms with Gasteiger partial charge in [-0.25, -0.2) is 0 Å². The molecule has 3 unspecified atom stereocenters. The fraction of sp³-hybridized carbons (Fsp3) is 0.750. The van der Waals surface area contributed by atoms with E-state index >= 15 is 0 Å². The highest BCUT2D eigenvalue weighted by Gasteiger charge is 2.47. The van der Waals surface area contributed by atoms with Gasteiger partial charge >= 0.3 is 0 Å². The standard InChI is InChI=1S/C12H18O2/c1-7-4-5-9(13)8-6-12(2,3)11(14)10(7)8/h6-7,10-11,14H,4-5H2,1-3H3. The van der Waals surface area contributed by atoms with Crippen molar-refractivity contribution in [2.24, 2.45) is 17.3 Å². The Bertz CT molecular complexity index is 301. The molecule has 0 radical (unpaired) electrons. The van der Waals surface area contributed by atoms with E-state index in [1.54, 1.807) is 0 Å². The molecular formula is C12H18O2. The Balaban J connectivity index is 2.39. The van der Waals surface area contributed by atoms with Crippen molar-refractivity contribution in [3.63, 3.8) is 0 Å². The molecule has 78 valence electrons.